The van der Waals surface area contributed by atoms with E-state index in [9.17, 15) is 5.11 Å². The molecule has 0 amide bonds. The van der Waals surface area contributed by atoms with E-state index < -0.39 is 5.60 Å². The minimum atomic E-state index is -0.804. The Morgan fingerprint density at radius 1 is 1.33 bits per heavy atom. The predicted molar refractivity (Wildman–Crippen MR) is 62.4 cm³/mol. The predicted octanol–water partition coefficient (Wildman–Crippen LogP) is 2.45. The van der Waals surface area contributed by atoms with Gasteiger partial charge in [0.25, 0.3) is 0 Å². The van der Waals surface area contributed by atoms with Gasteiger partial charge in [0.15, 0.2) is 0 Å². The molecule has 0 atom stereocenters. The van der Waals surface area contributed by atoms with Crippen LogP contribution in [0.15, 0.2) is 18.3 Å². The van der Waals surface area contributed by atoms with E-state index in [-0.39, 0.29) is 0 Å². The second-order valence-corrected chi connectivity index (χ2v) is 3.97. The molecule has 15 heavy (non-hydrogen) atoms. The maximum atomic E-state index is 10.5. The van der Waals surface area contributed by atoms with Crippen molar-refractivity contribution in [3.05, 3.63) is 23.9 Å². The Balaban J connectivity index is 3.03. The first-order valence-corrected chi connectivity index (χ1v) is 5.57. The zero-order valence-corrected chi connectivity index (χ0v) is 9.53. The summed E-state index contributed by atoms with van der Waals surface area (Å²) in [6.45, 7) is 4.13. The second-order valence-electron chi connectivity index (χ2n) is 3.97. The molecule has 0 fully saturated rings. The Hall–Kier alpha value is -1.09. The molecule has 1 heterocycles. The highest BCUT2D eigenvalue weighted by molar-refractivity contribution is 5.42. The number of hydrogen-bond donors (Lipinski definition) is 2. The Bertz CT molecular complexity index is 306. The number of hydrogen-bond acceptors (Lipinski definition) is 3. The zero-order chi connectivity index (χ0) is 11.3. The second kappa shape index (κ2) is 5.12. The SMILES string of the molecule is CCCC(O)(CCC)c1cccnc1N. The van der Waals surface area contributed by atoms with Crippen LogP contribution in [0, 0.1) is 0 Å². The summed E-state index contributed by atoms with van der Waals surface area (Å²) in [5, 5.41) is 10.5. The summed E-state index contributed by atoms with van der Waals surface area (Å²) in [6.07, 6.45) is 4.99. The van der Waals surface area contributed by atoms with Gasteiger partial charge in [-0.3, -0.25) is 0 Å². The monoisotopic (exact) mass is 208 g/mol. The summed E-state index contributed by atoms with van der Waals surface area (Å²) >= 11 is 0. The van der Waals surface area contributed by atoms with Crippen LogP contribution < -0.4 is 5.73 Å². The summed E-state index contributed by atoms with van der Waals surface area (Å²) in [5.41, 5.74) is 5.76. The molecule has 3 heteroatoms. The molecule has 0 saturated heterocycles. The number of rotatable bonds is 5. The molecule has 0 aliphatic carbocycles. The average molecular weight is 208 g/mol. The molecule has 1 aromatic heterocycles. The van der Waals surface area contributed by atoms with Crippen LogP contribution in [0.3, 0.4) is 0 Å². The van der Waals surface area contributed by atoms with Crippen LogP contribution >= 0.6 is 0 Å². The Labute approximate surface area is 91.3 Å². The summed E-state index contributed by atoms with van der Waals surface area (Å²) in [6, 6.07) is 3.69. The summed E-state index contributed by atoms with van der Waals surface area (Å²) in [5.74, 6) is 0.446. The smallest absolute Gasteiger partial charge is 0.129 e. The van der Waals surface area contributed by atoms with Gasteiger partial charge in [-0.05, 0) is 18.9 Å². The molecule has 1 aromatic rings. The number of aliphatic hydroxyl groups is 1. The largest absolute Gasteiger partial charge is 0.385 e. The van der Waals surface area contributed by atoms with E-state index in [0.717, 1.165) is 31.2 Å². The number of anilines is 1. The summed E-state index contributed by atoms with van der Waals surface area (Å²) < 4.78 is 0. The van der Waals surface area contributed by atoms with Crippen molar-refractivity contribution in [3.8, 4) is 0 Å². The lowest BCUT2D eigenvalue weighted by Crippen LogP contribution is -2.26. The zero-order valence-electron chi connectivity index (χ0n) is 9.53. The van der Waals surface area contributed by atoms with Gasteiger partial charge in [0.2, 0.25) is 0 Å². The normalized spacial score (nSPS) is 11.7. The minimum absolute atomic E-state index is 0.446. The van der Waals surface area contributed by atoms with E-state index in [1.807, 2.05) is 12.1 Å². The van der Waals surface area contributed by atoms with E-state index in [2.05, 4.69) is 18.8 Å². The molecular formula is C12H20N2O. The highest BCUT2D eigenvalue weighted by atomic mass is 16.3. The van der Waals surface area contributed by atoms with Crippen LogP contribution in [0.4, 0.5) is 5.82 Å². The van der Waals surface area contributed by atoms with E-state index in [0.29, 0.717) is 5.82 Å². The third-order valence-corrected chi connectivity index (χ3v) is 2.67. The number of nitrogen functional groups attached to an aromatic ring is 1. The van der Waals surface area contributed by atoms with E-state index in [1.54, 1.807) is 6.20 Å². The van der Waals surface area contributed by atoms with E-state index >= 15 is 0 Å². The van der Waals surface area contributed by atoms with E-state index in [1.165, 1.54) is 0 Å². The first-order chi connectivity index (χ1) is 7.14. The van der Waals surface area contributed by atoms with Crippen molar-refractivity contribution >= 4 is 5.82 Å². The first kappa shape index (κ1) is 12.0. The Kier molecular flexibility index (Phi) is 4.09. The third-order valence-electron chi connectivity index (χ3n) is 2.67. The highest BCUT2D eigenvalue weighted by Gasteiger charge is 2.29. The molecule has 0 aliphatic heterocycles. The topological polar surface area (TPSA) is 59.1 Å². The van der Waals surface area contributed by atoms with E-state index in [4.69, 9.17) is 5.73 Å². The molecule has 0 bridgehead atoms. The van der Waals surface area contributed by atoms with Crippen molar-refractivity contribution in [1.29, 1.82) is 0 Å². The fraction of sp³-hybridized carbons (Fsp3) is 0.583. The number of aromatic nitrogens is 1. The highest BCUT2D eigenvalue weighted by Crippen LogP contribution is 2.33. The molecule has 0 saturated carbocycles. The molecule has 3 nitrogen and oxygen atoms in total. The molecular weight excluding hydrogens is 188 g/mol. The molecule has 0 aliphatic rings. The molecule has 0 radical (unpaired) electrons. The number of pyridine rings is 1. The van der Waals surface area contributed by atoms with Crippen LogP contribution in [0.25, 0.3) is 0 Å². The lowest BCUT2D eigenvalue weighted by Gasteiger charge is -2.28. The van der Waals surface area contributed by atoms with Crippen molar-refractivity contribution < 1.29 is 5.11 Å². The summed E-state index contributed by atoms with van der Waals surface area (Å²) in [7, 11) is 0. The molecule has 0 spiro atoms. The van der Waals surface area contributed by atoms with Gasteiger partial charge in [0.05, 0.1) is 5.60 Å². The van der Waals surface area contributed by atoms with Crippen molar-refractivity contribution in [1.82, 2.24) is 4.98 Å². The van der Waals surface area contributed by atoms with Gasteiger partial charge in [0, 0.05) is 11.8 Å². The fourth-order valence-electron chi connectivity index (χ4n) is 2.03. The van der Waals surface area contributed by atoms with Crippen molar-refractivity contribution in [2.24, 2.45) is 0 Å². The molecule has 1 rings (SSSR count). The molecule has 84 valence electrons. The Morgan fingerprint density at radius 3 is 2.40 bits per heavy atom. The van der Waals surface area contributed by atoms with Crippen LogP contribution in [-0.4, -0.2) is 10.1 Å². The molecule has 0 unspecified atom stereocenters. The molecule has 3 N–H and O–H groups in total. The number of nitrogens with zero attached hydrogens (tertiary/aromatic N) is 1. The Morgan fingerprint density at radius 2 is 1.93 bits per heavy atom. The molecule has 0 aromatic carbocycles. The lowest BCUT2D eigenvalue weighted by molar-refractivity contribution is 0.0175. The third kappa shape index (κ3) is 2.69. The van der Waals surface area contributed by atoms with Crippen LogP contribution in [0.2, 0.25) is 0 Å². The van der Waals surface area contributed by atoms with Crippen LogP contribution in [-0.2, 0) is 5.60 Å². The van der Waals surface area contributed by atoms with Crippen LogP contribution in [0.1, 0.15) is 45.1 Å². The van der Waals surface area contributed by atoms with Crippen molar-refractivity contribution in [2.45, 2.75) is 45.1 Å². The maximum absolute atomic E-state index is 10.5. The average Bonchev–Trinajstić information content (AvgIpc) is 2.19. The minimum Gasteiger partial charge on any atom is -0.385 e. The van der Waals surface area contributed by atoms with Gasteiger partial charge in [0.1, 0.15) is 5.82 Å². The van der Waals surface area contributed by atoms with Gasteiger partial charge in [-0.25, -0.2) is 4.98 Å². The van der Waals surface area contributed by atoms with Gasteiger partial charge in [-0.2, -0.15) is 0 Å². The van der Waals surface area contributed by atoms with Crippen molar-refractivity contribution in [2.75, 3.05) is 5.73 Å². The standard InChI is InChI=1S/C12H20N2O/c1-3-7-12(15,8-4-2)10-6-5-9-14-11(10)13/h5-6,9,15H,3-4,7-8H2,1-2H3,(H2,13,14). The van der Waals surface area contributed by atoms with Gasteiger partial charge >= 0.3 is 0 Å². The summed E-state index contributed by atoms with van der Waals surface area (Å²) in [4.78, 5) is 4.03. The lowest BCUT2D eigenvalue weighted by atomic mass is 9.85. The van der Waals surface area contributed by atoms with Gasteiger partial charge in [-0.1, -0.05) is 32.8 Å². The van der Waals surface area contributed by atoms with Crippen molar-refractivity contribution in [3.63, 3.8) is 0 Å². The quantitative estimate of drug-likeness (QED) is 0.781. The fourth-order valence-corrected chi connectivity index (χ4v) is 2.03. The maximum Gasteiger partial charge on any atom is 0.129 e. The number of nitrogens with two attached hydrogens (primary N) is 1. The van der Waals surface area contributed by atoms with Crippen LogP contribution in [0.5, 0.6) is 0 Å². The first-order valence-electron chi connectivity index (χ1n) is 5.57. The van der Waals surface area contributed by atoms with Gasteiger partial charge in [-0.15, -0.1) is 0 Å². The van der Waals surface area contributed by atoms with Gasteiger partial charge < -0.3 is 10.8 Å².